The Bertz CT molecular complexity index is 972. The average Bonchev–Trinajstić information content (AvgIpc) is 2.81. The summed E-state index contributed by atoms with van der Waals surface area (Å²) in [5.74, 6) is 0.183. The number of benzene rings is 2. The van der Waals surface area contributed by atoms with Crippen LogP contribution in [0.5, 0.6) is 0 Å². The van der Waals surface area contributed by atoms with Crippen LogP contribution in [0.25, 0.3) is 0 Å². The second-order valence-electron chi connectivity index (χ2n) is 8.79. The lowest BCUT2D eigenvalue weighted by molar-refractivity contribution is 0.245. The topological polar surface area (TPSA) is 65.5 Å². The lowest BCUT2D eigenvalue weighted by atomic mass is 9.85. The van der Waals surface area contributed by atoms with Gasteiger partial charge in [0.05, 0.1) is 0 Å². The molecule has 0 aliphatic carbocycles. The number of nitrogens with one attached hydrogen (secondary N) is 3. The zero-order chi connectivity index (χ0) is 23.6. The normalized spacial score (nSPS) is 16.1. The highest BCUT2D eigenvalue weighted by Gasteiger charge is 2.20. The van der Waals surface area contributed by atoms with Gasteiger partial charge in [-0.05, 0) is 93.9 Å². The molecule has 0 bridgehead atoms. The molecule has 0 saturated carbocycles. The van der Waals surface area contributed by atoms with Crippen LogP contribution < -0.4 is 16.0 Å². The van der Waals surface area contributed by atoms with E-state index in [1.807, 2.05) is 25.3 Å². The highest BCUT2D eigenvalue weighted by molar-refractivity contribution is 5.89. The number of hydrogen-bond acceptors (Lipinski definition) is 3. The molecule has 2 aromatic carbocycles. The molecule has 1 fully saturated rings. The van der Waals surface area contributed by atoms with E-state index in [1.165, 1.54) is 22.3 Å². The Hall–Kier alpha value is -2.92. The van der Waals surface area contributed by atoms with E-state index in [0.717, 1.165) is 50.2 Å². The minimum atomic E-state index is -0.131. The van der Waals surface area contributed by atoms with Gasteiger partial charge in [0.25, 0.3) is 0 Å². The van der Waals surface area contributed by atoms with E-state index in [0.29, 0.717) is 0 Å². The molecule has 0 radical (unpaired) electrons. The van der Waals surface area contributed by atoms with Gasteiger partial charge >= 0.3 is 6.03 Å². The summed E-state index contributed by atoms with van der Waals surface area (Å²) in [6.45, 7) is 10.4. The molecule has 3 rings (SSSR count). The summed E-state index contributed by atoms with van der Waals surface area (Å²) in [5, 5.41) is 9.37. The highest BCUT2D eigenvalue weighted by atomic mass is 16.2. The van der Waals surface area contributed by atoms with Crippen LogP contribution in [0.2, 0.25) is 0 Å². The van der Waals surface area contributed by atoms with Crippen LogP contribution >= 0.6 is 0 Å². The fourth-order valence-corrected chi connectivity index (χ4v) is 4.45. The molecule has 1 heterocycles. The van der Waals surface area contributed by atoms with E-state index in [1.54, 1.807) is 0 Å². The number of piperidine rings is 1. The molecule has 0 spiro atoms. The third-order valence-corrected chi connectivity index (χ3v) is 6.40. The van der Waals surface area contributed by atoms with Crippen molar-refractivity contribution in [3.8, 4) is 0 Å². The van der Waals surface area contributed by atoms with Gasteiger partial charge < -0.3 is 16.0 Å². The van der Waals surface area contributed by atoms with Crippen molar-refractivity contribution in [2.45, 2.75) is 65.3 Å². The van der Waals surface area contributed by atoms with Crippen LogP contribution in [-0.2, 0) is 6.42 Å². The van der Waals surface area contributed by atoms with Crippen molar-refractivity contribution in [1.82, 2.24) is 10.6 Å². The van der Waals surface area contributed by atoms with Gasteiger partial charge in [-0.15, -0.1) is 0 Å². The van der Waals surface area contributed by atoms with Gasteiger partial charge in [0.2, 0.25) is 0 Å². The Kier molecular flexibility index (Phi) is 9.25. The second kappa shape index (κ2) is 12.4. The molecule has 33 heavy (non-hydrogen) atoms. The lowest BCUT2D eigenvalue weighted by Gasteiger charge is -2.24. The van der Waals surface area contributed by atoms with Crippen LogP contribution in [0.1, 0.15) is 61.3 Å². The van der Waals surface area contributed by atoms with Gasteiger partial charge in [-0.3, -0.25) is 4.99 Å². The molecule has 1 saturated heterocycles. The summed E-state index contributed by atoms with van der Waals surface area (Å²) in [4.78, 5) is 17.1. The number of rotatable bonds is 8. The van der Waals surface area contributed by atoms with Crippen LogP contribution in [0.15, 0.2) is 59.2 Å². The number of urea groups is 1. The molecule has 5 heteroatoms. The standard InChI is InChI=1S/C28H38N4O/c1-5-8-27(30-6-2)26(25-10-7-9-20(3)21(25)4)19-22-11-13-23(14-12-22)31-28(33)32-24-15-17-29-18-16-24/h6-14,24,26,29H,5,15-19H2,1-4H3,(H2,31,32,33)/b27-8-,30-6?. The van der Waals surface area contributed by atoms with Crippen molar-refractivity contribution in [2.75, 3.05) is 18.4 Å². The lowest BCUT2D eigenvalue weighted by Crippen LogP contribution is -2.44. The largest absolute Gasteiger partial charge is 0.335 e. The minimum absolute atomic E-state index is 0.131. The summed E-state index contributed by atoms with van der Waals surface area (Å²) in [5.41, 5.74) is 7.08. The van der Waals surface area contributed by atoms with Crippen molar-refractivity contribution in [3.63, 3.8) is 0 Å². The predicted molar refractivity (Wildman–Crippen MR) is 139 cm³/mol. The fourth-order valence-electron chi connectivity index (χ4n) is 4.45. The first-order valence-corrected chi connectivity index (χ1v) is 12.1. The Morgan fingerprint density at radius 1 is 1.15 bits per heavy atom. The Labute approximate surface area is 198 Å². The molecule has 1 unspecified atom stereocenters. The van der Waals surface area contributed by atoms with Crippen molar-refractivity contribution in [3.05, 3.63) is 76.5 Å². The summed E-state index contributed by atoms with van der Waals surface area (Å²) in [6, 6.07) is 14.8. The van der Waals surface area contributed by atoms with Crippen LogP contribution in [0, 0.1) is 13.8 Å². The smallest absolute Gasteiger partial charge is 0.319 e. The zero-order valence-corrected chi connectivity index (χ0v) is 20.4. The summed E-state index contributed by atoms with van der Waals surface area (Å²) in [6.07, 6.45) is 7.86. The first kappa shape index (κ1) is 24.7. The first-order chi connectivity index (χ1) is 16.0. The molecular formula is C28H38N4O. The van der Waals surface area contributed by atoms with Crippen LogP contribution in [-0.4, -0.2) is 31.4 Å². The number of aryl methyl sites for hydroxylation is 1. The Morgan fingerprint density at radius 3 is 2.55 bits per heavy atom. The van der Waals surface area contributed by atoms with E-state index in [9.17, 15) is 4.79 Å². The number of anilines is 1. The van der Waals surface area contributed by atoms with Gasteiger partial charge in [0.1, 0.15) is 0 Å². The van der Waals surface area contributed by atoms with Crippen molar-refractivity contribution < 1.29 is 4.79 Å². The van der Waals surface area contributed by atoms with Gasteiger partial charge in [-0.1, -0.05) is 43.3 Å². The fraction of sp³-hybridized carbons (Fsp3) is 0.429. The summed E-state index contributed by atoms with van der Waals surface area (Å²) in [7, 11) is 0. The number of hydrogen-bond donors (Lipinski definition) is 3. The number of aliphatic imine (C=N–C) groups is 1. The molecular weight excluding hydrogens is 408 g/mol. The number of carbonyl (C=O) groups excluding carboxylic acids is 1. The van der Waals surface area contributed by atoms with Crippen LogP contribution in [0.4, 0.5) is 10.5 Å². The van der Waals surface area contributed by atoms with E-state index >= 15 is 0 Å². The molecule has 2 aromatic rings. The third kappa shape index (κ3) is 7.03. The summed E-state index contributed by atoms with van der Waals surface area (Å²) >= 11 is 0. The van der Waals surface area contributed by atoms with Gasteiger partial charge in [-0.2, -0.15) is 0 Å². The highest BCUT2D eigenvalue weighted by Crippen LogP contribution is 2.33. The molecule has 2 amide bonds. The second-order valence-corrected chi connectivity index (χ2v) is 8.79. The molecule has 3 N–H and O–H groups in total. The van der Waals surface area contributed by atoms with Crippen molar-refractivity contribution >= 4 is 17.9 Å². The minimum Gasteiger partial charge on any atom is -0.335 e. The molecule has 1 aliphatic heterocycles. The molecule has 176 valence electrons. The molecule has 1 atom stereocenters. The van der Waals surface area contributed by atoms with Crippen molar-refractivity contribution in [2.24, 2.45) is 4.99 Å². The predicted octanol–water partition coefficient (Wildman–Crippen LogP) is 5.89. The van der Waals surface area contributed by atoms with Crippen LogP contribution in [0.3, 0.4) is 0 Å². The Morgan fingerprint density at radius 2 is 1.88 bits per heavy atom. The maximum atomic E-state index is 12.4. The Balaban J connectivity index is 1.75. The van der Waals surface area contributed by atoms with E-state index < -0.39 is 0 Å². The zero-order valence-electron chi connectivity index (χ0n) is 20.4. The first-order valence-electron chi connectivity index (χ1n) is 12.1. The van der Waals surface area contributed by atoms with E-state index in [2.05, 4.69) is 73.1 Å². The molecule has 5 nitrogen and oxygen atoms in total. The van der Waals surface area contributed by atoms with Gasteiger partial charge in [-0.25, -0.2) is 4.79 Å². The monoisotopic (exact) mass is 446 g/mol. The van der Waals surface area contributed by atoms with Crippen molar-refractivity contribution in [1.29, 1.82) is 0 Å². The molecule has 0 aromatic heterocycles. The quantitative estimate of drug-likeness (QED) is 0.443. The van der Waals surface area contributed by atoms with Gasteiger partial charge in [0, 0.05) is 29.6 Å². The van der Waals surface area contributed by atoms with E-state index in [-0.39, 0.29) is 18.0 Å². The SMILES string of the molecule is CC=N/C(=C\CC)C(Cc1ccc(NC(=O)NC2CCNCC2)cc1)c1cccc(C)c1C. The third-order valence-electron chi connectivity index (χ3n) is 6.40. The summed E-state index contributed by atoms with van der Waals surface area (Å²) < 4.78 is 0. The number of allylic oxidation sites excluding steroid dienone is 2. The molecule has 1 aliphatic rings. The van der Waals surface area contributed by atoms with Gasteiger partial charge in [0.15, 0.2) is 0 Å². The number of amides is 2. The maximum Gasteiger partial charge on any atom is 0.319 e. The average molecular weight is 447 g/mol. The number of carbonyl (C=O) groups is 1. The maximum absolute atomic E-state index is 12.4. The number of nitrogens with zero attached hydrogens (tertiary/aromatic N) is 1. The van der Waals surface area contributed by atoms with E-state index in [4.69, 9.17) is 4.99 Å².